The van der Waals surface area contributed by atoms with Crippen molar-refractivity contribution in [2.45, 2.75) is 6.54 Å². The summed E-state index contributed by atoms with van der Waals surface area (Å²) in [6.07, 6.45) is 4.11. The van der Waals surface area contributed by atoms with Crippen molar-refractivity contribution in [2.75, 3.05) is 5.32 Å². The van der Waals surface area contributed by atoms with E-state index in [1.165, 1.54) is 28.1 Å². The molecule has 2 aromatic heterocycles. The van der Waals surface area contributed by atoms with Crippen molar-refractivity contribution in [3.63, 3.8) is 0 Å². The molecule has 1 amide bonds. The van der Waals surface area contributed by atoms with Gasteiger partial charge in [0.1, 0.15) is 19.2 Å². The van der Waals surface area contributed by atoms with Gasteiger partial charge in [0.15, 0.2) is 0 Å². The summed E-state index contributed by atoms with van der Waals surface area (Å²) in [7, 11) is 0. The normalized spacial score (nSPS) is 10.9. The van der Waals surface area contributed by atoms with Crippen molar-refractivity contribution in [1.82, 2.24) is 24.3 Å². The maximum absolute atomic E-state index is 12.6. The summed E-state index contributed by atoms with van der Waals surface area (Å²) in [6, 6.07) is 12.2. The number of para-hydroxylation sites is 2. The molecule has 0 aliphatic rings. The highest BCUT2D eigenvalue weighted by Gasteiger charge is 2.13. The smallest absolute Gasteiger partial charge is 0.269 e. The summed E-state index contributed by atoms with van der Waals surface area (Å²) in [5.41, 5.74) is 1.94. The number of nitrogens with zero attached hydrogens (tertiary/aromatic N) is 5. The molecule has 134 valence electrons. The van der Waals surface area contributed by atoms with Crippen molar-refractivity contribution in [1.29, 1.82) is 0 Å². The molecule has 27 heavy (non-hydrogen) atoms. The minimum atomic E-state index is -0.378. The van der Waals surface area contributed by atoms with Crippen molar-refractivity contribution < 1.29 is 4.79 Å². The van der Waals surface area contributed by atoms with Crippen LogP contribution in [0.1, 0.15) is 0 Å². The Balaban J connectivity index is 1.66. The van der Waals surface area contributed by atoms with Gasteiger partial charge in [0, 0.05) is 5.02 Å². The SMILES string of the molecule is O=C(Cn1c(=O)cnc2ccccc21)Nc1cc(Cl)ccc1-n1cncn1. The summed E-state index contributed by atoms with van der Waals surface area (Å²) in [5, 5.41) is 7.32. The quantitative estimate of drug-likeness (QED) is 0.586. The lowest BCUT2D eigenvalue weighted by Crippen LogP contribution is -2.28. The number of nitrogens with one attached hydrogen (secondary N) is 1. The highest BCUT2D eigenvalue weighted by Crippen LogP contribution is 2.24. The highest BCUT2D eigenvalue weighted by molar-refractivity contribution is 6.31. The second kappa shape index (κ2) is 7.00. The second-order valence-electron chi connectivity index (χ2n) is 5.72. The Hall–Kier alpha value is -3.52. The molecule has 0 bridgehead atoms. The zero-order valence-corrected chi connectivity index (χ0v) is 14.7. The Kier molecular flexibility index (Phi) is 4.39. The zero-order chi connectivity index (χ0) is 18.8. The van der Waals surface area contributed by atoms with Crippen LogP contribution in [-0.2, 0) is 11.3 Å². The molecule has 0 atom stereocenters. The zero-order valence-electron chi connectivity index (χ0n) is 13.9. The number of anilines is 1. The van der Waals surface area contributed by atoms with Crippen LogP contribution in [0.25, 0.3) is 16.7 Å². The van der Waals surface area contributed by atoms with Gasteiger partial charge in [0.05, 0.1) is 28.6 Å². The van der Waals surface area contributed by atoms with Gasteiger partial charge in [-0.1, -0.05) is 23.7 Å². The molecule has 0 saturated heterocycles. The van der Waals surface area contributed by atoms with E-state index in [9.17, 15) is 9.59 Å². The minimum absolute atomic E-state index is 0.162. The molecule has 0 fully saturated rings. The first kappa shape index (κ1) is 16.9. The standard InChI is InChI=1S/C18H13ClN6O2/c19-12-5-6-16(25-11-20-10-22-25)14(7-12)23-17(26)9-24-15-4-2-1-3-13(15)21-8-18(24)27/h1-8,10-11H,9H2,(H,23,26). The average Bonchev–Trinajstić information content (AvgIpc) is 3.19. The van der Waals surface area contributed by atoms with Gasteiger partial charge in [-0.3, -0.25) is 14.2 Å². The lowest BCUT2D eigenvalue weighted by molar-refractivity contribution is -0.116. The van der Waals surface area contributed by atoms with Crippen LogP contribution in [0.3, 0.4) is 0 Å². The van der Waals surface area contributed by atoms with E-state index >= 15 is 0 Å². The van der Waals surface area contributed by atoms with Crippen molar-refractivity contribution in [2.24, 2.45) is 0 Å². The largest absolute Gasteiger partial charge is 0.323 e. The number of carbonyl (C=O) groups excluding carboxylic acids is 1. The molecule has 1 N–H and O–H groups in total. The van der Waals surface area contributed by atoms with Gasteiger partial charge in [-0.25, -0.2) is 14.6 Å². The third-order valence-corrected chi connectivity index (χ3v) is 4.19. The molecular formula is C18H13ClN6O2. The molecule has 2 aromatic carbocycles. The first-order valence-electron chi connectivity index (χ1n) is 8.01. The summed E-state index contributed by atoms with van der Waals surface area (Å²) in [4.78, 5) is 32.8. The summed E-state index contributed by atoms with van der Waals surface area (Å²) in [5.74, 6) is -0.378. The maximum atomic E-state index is 12.6. The lowest BCUT2D eigenvalue weighted by atomic mass is 10.2. The van der Waals surface area contributed by atoms with Gasteiger partial charge in [-0.15, -0.1) is 0 Å². The molecule has 9 heteroatoms. The van der Waals surface area contributed by atoms with Crippen molar-refractivity contribution >= 4 is 34.2 Å². The Bertz CT molecular complexity index is 1190. The summed E-state index contributed by atoms with van der Waals surface area (Å²) in [6.45, 7) is -0.162. The van der Waals surface area contributed by atoms with Gasteiger partial charge < -0.3 is 5.32 Å². The van der Waals surface area contributed by atoms with Crippen LogP contribution in [0.2, 0.25) is 5.02 Å². The van der Waals surface area contributed by atoms with E-state index in [1.54, 1.807) is 36.4 Å². The van der Waals surface area contributed by atoms with Gasteiger partial charge in [-0.05, 0) is 30.3 Å². The molecule has 0 radical (unpaired) electrons. The Morgan fingerprint density at radius 3 is 2.85 bits per heavy atom. The lowest BCUT2D eigenvalue weighted by Gasteiger charge is -2.13. The van der Waals surface area contributed by atoms with Crippen LogP contribution in [0.15, 0.2) is 66.1 Å². The van der Waals surface area contributed by atoms with Crippen LogP contribution in [0, 0.1) is 0 Å². The molecule has 4 rings (SSSR count). The average molecular weight is 381 g/mol. The van der Waals surface area contributed by atoms with E-state index in [0.717, 1.165) is 0 Å². The molecule has 0 aliphatic carbocycles. The molecule has 8 nitrogen and oxygen atoms in total. The number of halogens is 1. The predicted molar refractivity (Wildman–Crippen MR) is 101 cm³/mol. The van der Waals surface area contributed by atoms with Crippen molar-refractivity contribution in [3.05, 3.63) is 76.7 Å². The number of hydrogen-bond donors (Lipinski definition) is 1. The van der Waals surface area contributed by atoms with Gasteiger partial charge in [-0.2, -0.15) is 5.10 Å². The van der Waals surface area contributed by atoms with E-state index in [2.05, 4.69) is 20.4 Å². The first-order chi connectivity index (χ1) is 13.1. The highest BCUT2D eigenvalue weighted by atomic mass is 35.5. The second-order valence-corrected chi connectivity index (χ2v) is 6.16. The van der Waals surface area contributed by atoms with Crippen LogP contribution in [-0.4, -0.2) is 30.2 Å². The number of hydrogen-bond acceptors (Lipinski definition) is 5. The molecule has 4 aromatic rings. The van der Waals surface area contributed by atoms with E-state index in [-0.39, 0.29) is 18.0 Å². The maximum Gasteiger partial charge on any atom is 0.269 e. The fraction of sp³-hybridized carbons (Fsp3) is 0.0556. The monoisotopic (exact) mass is 380 g/mol. The fourth-order valence-electron chi connectivity index (χ4n) is 2.75. The topological polar surface area (TPSA) is 94.7 Å². The molecular weight excluding hydrogens is 368 g/mol. The Morgan fingerprint density at radius 1 is 1.19 bits per heavy atom. The molecule has 2 heterocycles. The molecule has 0 saturated carbocycles. The van der Waals surface area contributed by atoms with Gasteiger partial charge in [0.25, 0.3) is 5.56 Å². The number of benzene rings is 2. The number of fused-ring (bicyclic) bond motifs is 1. The van der Waals surface area contributed by atoms with Crippen LogP contribution in [0.5, 0.6) is 0 Å². The molecule has 0 aliphatic heterocycles. The van der Waals surface area contributed by atoms with E-state index in [0.29, 0.717) is 27.4 Å². The number of rotatable bonds is 4. The fourth-order valence-corrected chi connectivity index (χ4v) is 2.92. The van der Waals surface area contributed by atoms with E-state index < -0.39 is 0 Å². The Labute approximate surface area is 158 Å². The number of amides is 1. The minimum Gasteiger partial charge on any atom is -0.323 e. The van der Waals surface area contributed by atoms with E-state index in [4.69, 9.17) is 11.6 Å². The van der Waals surface area contributed by atoms with Crippen LogP contribution >= 0.6 is 11.6 Å². The number of aromatic nitrogens is 5. The van der Waals surface area contributed by atoms with E-state index in [1.807, 2.05) is 6.07 Å². The van der Waals surface area contributed by atoms with Gasteiger partial charge >= 0.3 is 0 Å². The van der Waals surface area contributed by atoms with Crippen LogP contribution in [0.4, 0.5) is 5.69 Å². The summed E-state index contributed by atoms with van der Waals surface area (Å²) >= 11 is 6.07. The van der Waals surface area contributed by atoms with Crippen molar-refractivity contribution in [3.8, 4) is 5.69 Å². The predicted octanol–water partition coefficient (Wildman–Crippen LogP) is 2.27. The molecule has 0 spiro atoms. The third-order valence-electron chi connectivity index (χ3n) is 3.95. The molecule has 0 unspecified atom stereocenters. The summed E-state index contributed by atoms with van der Waals surface area (Å²) < 4.78 is 2.89. The van der Waals surface area contributed by atoms with Crippen LogP contribution < -0.4 is 10.9 Å². The number of carbonyl (C=O) groups is 1. The Morgan fingerprint density at radius 2 is 2.04 bits per heavy atom. The first-order valence-corrected chi connectivity index (χ1v) is 8.38. The van der Waals surface area contributed by atoms with Gasteiger partial charge in [0.2, 0.25) is 5.91 Å². The third kappa shape index (κ3) is 3.42.